The summed E-state index contributed by atoms with van der Waals surface area (Å²) >= 11 is 0. The number of nitrogens with zero attached hydrogens (tertiary/aromatic N) is 4. The van der Waals surface area contributed by atoms with Gasteiger partial charge in [-0.1, -0.05) is 19.9 Å². The SMILES string of the molecule is CC(C)C[C@](C)(N)COc1ccc(-c2ccnn3ccnc23)cc1C#N. The molecule has 6 nitrogen and oxygen atoms in total. The summed E-state index contributed by atoms with van der Waals surface area (Å²) in [4.78, 5) is 4.34. The molecule has 0 unspecified atom stereocenters. The van der Waals surface area contributed by atoms with Crippen LogP contribution in [-0.4, -0.2) is 26.7 Å². The highest BCUT2D eigenvalue weighted by molar-refractivity contribution is 5.78. The van der Waals surface area contributed by atoms with E-state index in [-0.39, 0.29) is 0 Å². The van der Waals surface area contributed by atoms with Crippen LogP contribution in [-0.2, 0) is 0 Å². The zero-order valence-corrected chi connectivity index (χ0v) is 15.3. The van der Waals surface area contributed by atoms with Gasteiger partial charge in [0.15, 0.2) is 5.65 Å². The van der Waals surface area contributed by atoms with E-state index in [0.717, 1.165) is 23.2 Å². The van der Waals surface area contributed by atoms with Crippen LogP contribution in [0.15, 0.2) is 42.9 Å². The first-order chi connectivity index (χ1) is 12.4. The van der Waals surface area contributed by atoms with Crippen LogP contribution in [0.1, 0.15) is 32.8 Å². The Hall–Kier alpha value is -2.91. The molecule has 134 valence electrons. The lowest BCUT2D eigenvalue weighted by molar-refractivity contribution is 0.206. The minimum Gasteiger partial charge on any atom is -0.490 e. The van der Waals surface area contributed by atoms with Crippen LogP contribution in [0.2, 0.25) is 0 Å². The highest BCUT2D eigenvalue weighted by Crippen LogP contribution is 2.29. The second kappa shape index (κ2) is 7.14. The van der Waals surface area contributed by atoms with Gasteiger partial charge in [0.1, 0.15) is 18.4 Å². The maximum Gasteiger partial charge on any atom is 0.161 e. The van der Waals surface area contributed by atoms with Crippen molar-refractivity contribution in [3.05, 3.63) is 48.4 Å². The van der Waals surface area contributed by atoms with Crippen LogP contribution >= 0.6 is 0 Å². The number of hydrogen-bond acceptors (Lipinski definition) is 5. The van der Waals surface area contributed by atoms with Crippen LogP contribution in [0.3, 0.4) is 0 Å². The molecule has 0 aliphatic rings. The molecule has 0 bridgehead atoms. The van der Waals surface area contributed by atoms with E-state index in [0.29, 0.717) is 23.8 Å². The minimum absolute atomic E-state index is 0.360. The zero-order chi connectivity index (χ0) is 18.7. The van der Waals surface area contributed by atoms with Gasteiger partial charge in [-0.05, 0) is 43.0 Å². The third-order valence-electron chi connectivity index (χ3n) is 4.14. The normalized spacial score (nSPS) is 13.5. The van der Waals surface area contributed by atoms with Gasteiger partial charge in [-0.2, -0.15) is 10.4 Å². The number of ether oxygens (including phenoxy) is 1. The Morgan fingerprint density at radius 1 is 1.31 bits per heavy atom. The van der Waals surface area contributed by atoms with E-state index in [1.165, 1.54) is 0 Å². The second-order valence-electron chi connectivity index (χ2n) is 7.30. The number of imidazole rings is 1. The number of nitrogens with two attached hydrogens (primary N) is 1. The Morgan fingerprint density at radius 2 is 2.12 bits per heavy atom. The molecule has 0 fully saturated rings. The molecule has 3 rings (SSSR count). The number of benzene rings is 1. The summed E-state index contributed by atoms with van der Waals surface area (Å²) in [6.07, 6.45) is 6.05. The Bertz CT molecular complexity index is 952. The summed E-state index contributed by atoms with van der Waals surface area (Å²) in [6.45, 7) is 6.59. The number of aromatic nitrogens is 3. The average Bonchev–Trinajstić information content (AvgIpc) is 3.07. The van der Waals surface area contributed by atoms with Crippen molar-refractivity contribution in [3.8, 4) is 22.9 Å². The van der Waals surface area contributed by atoms with Gasteiger partial charge in [0.25, 0.3) is 0 Å². The van der Waals surface area contributed by atoms with Crippen molar-refractivity contribution < 1.29 is 4.74 Å². The molecule has 0 saturated carbocycles. The van der Waals surface area contributed by atoms with E-state index in [1.807, 2.05) is 31.2 Å². The van der Waals surface area contributed by atoms with Gasteiger partial charge >= 0.3 is 0 Å². The zero-order valence-electron chi connectivity index (χ0n) is 15.3. The maximum atomic E-state index is 9.54. The largest absolute Gasteiger partial charge is 0.490 e. The lowest BCUT2D eigenvalue weighted by atomic mass is 9.93. The molecular formula is C20H23N5O. The predicted octanol–water partition coefficient (Wildman–Crippen LogP) is 3.41. The summed E-state index contributed by atoms with van der Waals surface area (Å²) < 4.78 is 7.58. The van der Waals surface area contributed by atoms with Gasteiger partial charge in [-0.3, -0.25) is 0 Å². The van der Waals surface area contributed by atoms with E-state index in [4.69, 9.17) is 10.5 Å². The van der Waals surface area contributed by atoms with Crippen molar-refractivity contribution >= 4 is 5.65 Å². The van der Waals surface area contributed by atoms with Crippen molar-refractivity contribution in [1.29, 1.82) is 5.26 Å². The van der Waals surface area contributed by atoms with Crippen LogP contribution in [0.4, 0.5) is 0 Å². The van der Waals surface area contributed by atoms with Gasteiger partial charge < -0.3 is 10.5 Å². The standard InChI is InChI=1S/C20H23N5O/c1-14(2)11-20(3,22)13-26-18-5-4-15(10-16(18)12-21)17-6-7-24-25-9-8-23-19(17)25/h4-10,14H,11,13,22H2,1-3H3/t20-/m0/s1. The van der Waals surface area contributed by atoms with Gasteiger partial charge in [0, 0.05) is 29.7 Å². The quantitative estimate of drug-likeness (QED) is 0.736. The first-order valence-corrected chi connectivity index (χ1v) is 8.64. The maximum absolute atomic E-state index is 9.54. The number of hydrogen-bond donors (Lipinski definition) is 1. The third kappa shape index (κ3) is 3.84. The number of fused-ring (bicyclic) bond motifs is 1. The van der Waals surface area contributed by atoms with E-state index < -0.39 is 5.54 Å². The molecular weight excluding hydrogens is 326 g/mol. The lowest BCUT2D eigenvalue weighted by Crippen LogP contribution is -2.43. The first kappa shape index (κ1) is 17.9. The molecule has 26 heavy (non-hydrogen) atoms. The first-order valence-electron chi connectivity index (χ1n) is 8.64. The van der Waals surface area contributed by atoms with Crippen molar-refractivity contribution in [1.82, 2.24) is 14.6 Å². The van der Waals surface area contributed by atoms with E-state index in [9.17, 15) is 5.26 Å². The molecule has 1 aromatic carbocycles. The smallest absolute Gasteiger partial charge is 0.161 e. The average molecular weight is 349 g/mol. The Balaban J connectivity index is 1.87. The summed E-state index contributed by atoms with van der Waals surface area (Å²) in [6, 6.07) is 9.66. The summed E-state index contributed by atoms with van der Waals surface area (Å²) in [5.74, 6) is 1.03. The Kier molecular flexibility index (Phi) is 4.92. The monoisotopic (exact) mass is 349 g/mol. The fourth-order valence-electron chi connectivity index (χ4n) is 3.21. The molecule has 0 radical (unpaired) electrons. The minimum atomic E-state index is -0.438. The van der Waals surface area contributed by atoms with Crippen LogP contribution in [0.25, 0.3) is 16.8 Å². The van der Waals surface area contributed by atoms with Crippen LogP contribution < -0.4 is 10.5 Å². The van der Waals surface area contributed by atoms with Gasteiger partial charge in [-0.15, -0.1) is 0 Å². The molecule has 2 heterocycles. The molecule has 0 spiro atoms. The Labute approximate surface area is 153 Å². The molecule has 2 N–H and O–H groups in total. The lowest BCUT2D eigenvalue weighted by Gasteiger charge is -2.26. The van der Waals surface area contributed by atoms with Crippen LogP contribution in [0.5, 0.6) is 5.75 Å². The van der Waals surface area contributed by atoms with E-state index >= 15 is 0 Å². The fourth-order valence-corrected chi connectivity index (χ4v) is 3.21. The molecule has 2 aromatic heterocycles. The number of rotatable bonds is 6. The van der Waals surface area contributed by atoms with Gasteiger partial charge in [-0.25, -0.2) is 9.50 Å². The molecule has 0 saturated heterocycles. The predicted molar refractivity (Wildman–Crippen MR) is 101 cm³/mol. The van der Waals surface area contributed by atoms with Crippen molar-refractivity contribution in [2.75, 3.05) is 6.61 Å². The molecule has 0 amide bonds. The second-order valence-corrected chi connectivity index (χ2v) is 7.30. The van der Waals surface area contributed by atoms with Gasteiger partial charge in [0.2, 0.25) is 0 Å². The van der Waals surface area contributed by atoms with Crippen molar-refractivity contribution in [2.24, 2.45) is 11.7 Å². The molecule has 6 heteroatoms. The molecule has 0 aliphatic heterocycles. The molecule has 0 aliphatic carbocycles. The van der Waals surface area contributed by atoms with Crippen LogP contribution in [0, 0.1) is 17.2 Å². The topological polar surface area (TPSA) is 89.2 Å². The Morgan fingerprint density at radius 3 is 2.85 bits per heavy atom. The van der Waals surface area contributed by atoms with Crippen molar-refractivity contribution in [3.63, 3.8) is 0 Å². The summed E-state index contributed by atoms with van der Waals surface area (Å²) in [5.41, 5.74) is 8.89. The summed E-state index contributed by atoms with van der Waals surface area (Å²) in [7, 11) is 0. The summed E-state index contributed by atoms with van der Waals surface area (Å²) in [5, 5.41) is 13.8. The molecule has 1 atom stereocenters. The van der Waals surface area contributed by atoms with Crippen molar-refractivity contribution in [2.45, 2.75) is 32.7 Å². The molecule has 3 aromatic rings. The highest BCUT2D eigenvalue weighted by Gasteiger charge is 2.22. The number of nitriles is 1. The van der Waals surface area contributed by atoms with E-state index in [2.05, 4.69) is 30.0 Å². The highest BCUT2D eigenvalue weighted by atomic mass is 16.5. The third-order valence-corrected chi connectivity index (χ3v) is 4.14. The van der Waals surface area contributed by atoms with Gasteiger partial charge in [0.05, 0.1) is 5.56 Å². The van der Waals surface area contributed by atoms with E-state index in [1.54, 1.807) is 23.1 Å². The fraction of sp³-hybridized carbons (Fsp3) is 0.350.